The Kier molecular flexibility index (Phi) is 5.34. The lowest BCUT2D eigenvalue weighted by atomic mass is 10.00. The van der Waals surface area contributed by atoms with Gasteiger partial charge in [0.1, 0.15) is 6.04 Å². The van der Waals surface area contributed by atoms with Crippen LogP contribution in [0.5, 0.6) is 5.75 Å². The van der Waals surface area contributed by atoms with Crippen LogP contribution in [-0.4, -0.2) is 23.3 Å². The van der Waals surface area contributed by atoms with Crippen molar-refractivity contribution in [3.8, 4) is 5.75 Å². The van der Waals surface area contributed by atoms with Crippen molar-refractivity contribution in [3.63, 3.8) is 0 Å². The number of hydrogen-bond donors (Lipinski definition) is 1. The zero-order chi connectivity index (χ0) is 13.7. The molecule has 0 bridgehead atoms. The molecular weight excluding hydrogens is 298 g/mol. The Morgan fingerprint density at radius 3 is 2.83 bits per heavy atom. The van der Waals surface area contributed by atoms with E-state index in [1.165, 1.54) is 12.3 Å². The quantitative estimate of drug-likeness (QED) is 0.849. The maximum Gasteiger partial charge on any atom is 0.328 e. The summed E-state index contributed by atoms with van der Waals surface area (Å²) < 4.78 is 0.763. The van der Waals surface area contributed by atoms with E-state index in [0.717, 1.165) is 10.9 Å². The second kappa shape index (κ2) is 6.54. The van der Waals surface area contributed by atoms with Crippen LogP contribution < -0.4 is 5.11 Å². The number of aliphatic carboxylic acids is 1. The average Bonchev–Trinajstić information content (AvgIpc) is 2.32. The highest BCUT2D eigenvalue weighted by Crippen LogP contribution is 2.19. The van der Waals surface area contributed by atoms with Crippen LogP contribution in [0, 0.1) is 5.92 Å². The second-order valence-corrected chi connectivity index (χ2v) is 5.04. The van der Waals surface area contributed by atoms with Crippen molar-refractivity contribution in [2.45, 2.75) is 26.3 Å². The molecule has 0 unspecified atom stereocenters. The first-order valence-corrected chi connectivity index (χ1v) is 6.47. The number of nitrogens with zero attached hydrogens (tertiary/aromatic N) is 1. The van der Waals surface area contributed by atoms with Crippen LogP contribution in [0.25, 0.3) is 0 Å². The van der Waals surface area contributed by atoms with Crippen LogP contribution in [-0.2, 0) is 4.79 Å². The summed E-state index contributed by atoms with van der Waals surface area (Å²) in [4.78, 5) is 15.1. The average molecular weight is 313 g/mol. The fraction of sp³-hybridized carbons (Fsp3) is 0.385. The smallest absolute Gasteiger partial charge is 0.328 e. The zero-order valence-corrected chi connectivity index (χ0v) is 11.8. The first-order valence-electron chi connectivity index (χ1n) is 5.68. The molecule has 0 spiro atoms. The van der Waals surface area contributed by atoms with Crippen molar-refractivity contribution in [1.82, 2.24) is 0 Å². The topological polar surface area (TPSA) is 72.7 Å². The molecule has 0 amide bonds. The summed E-state index contributed by atoms with van der Waals surface area (Å²) in [7, 11) is 0. The van der Waals surface area contributed by atoms with Gasteiger partial charge in [0.2, 0.25) is 0 Å². The molecule has 0 fully saturated rings. The van der Waals surface area contributed by atoms with Crippen LogP contribution in [0.1, 0.15) is 25.8 Å². The molecule has 0 saturated heterocycles. The highest BCUT2D eigenvalue weighted by molar-refractivity contribution is 9.10. The summed E-state index contributed by atoms with van der Waals surface area (Å²) in [5.41, 5.74) is 0.388. The minimum atomic E-state index is -0.969. The molecule has 0 aromatic heterocycles. The molecule has 1 rings (SSSR count). The lowest BCUT2D eigenvalue weighted by molar-refractivity contribution is -0.268. The summed E-state index contributed by atoms with van der Waals surface area (Å²) in [6.07, 6.45) is 2.06. The lowest BCUT2D eigenvalue weighted by Gasteiger charge is -2.15. The van der Waals surface area contributed by atoms with Crippen LogP contribution >= 0.6 is 15.9 Å². The first-order chi connectivity index (χ1) is 8.45. The van der Waals surface area contributed by atoms with Crippen molar-refractivity contribution >= 4 is 28.1 Å². The Bertz CT molecular complexity index is 460. The normalized spacial score (nSPS) is 14.6. The van der Waals surface area contributed by atoms with E-state index in [1.54, 1.807) is 12.1 Å². The number of rotatable bonds is 5. The molecule has 0 heterocycles. The Hall–Kier alpha value is -1.36. The molecule has 1 aromatic carbocycles. The molecule has 2 atom stereocenters. The predicted octanol–water partition coefficient (Wildman–Crippen LogP) is 2.44. The molecule has 5 heteroatoms. The molecule has 0 saturated carbocycles. The third-order valence-corrected chi connectivity index (χ3v) is 3.28. The molecule has 4 nitrogen and oxygen atoms in total. The van der Waals surface area contributed by atoms with Crippen molar-refractivity contribution in [3.05, 3.63) is 28.2 Å². The van der Waals surface area contributed by atoms with Gasteiger partial charge < -0.3 is 10.2 Å². The fourth-order valence-corrected chi connectivity index (χ4v) is 1.84. The summed E-state index contributed by atoms with van der Waals surface area (Å²) >= 11 is 3.26. The van der Waals surface area contributed by atoms with Crippen LogP contribution in [0.2, 0.25) is 0 Å². The Morgan fingerprint density at radius 1 is 1.61 bits per heavy atom. The molecular formula is C13H15BrNO3-. The number of carbonyl (C=O) groups is 1. The molecule has 1 N–H and O–H groups in total. The van der Waals surface area contributed by atoms with E-state index in [9.17, 15) is 9.90 Å². The standard InChI is InChI=1S/C13H16BrNO3/c1-3-8(2)12(13(17)18)15-7-9-6-10(14)4-5-11(9)16/h4-8,12,16H,3H2,1-2H3,(H,17,18)/p-1/t8-,12-/m0/s1. The summed E-state index contributed by atoms with van der Waals surface area (Å²) in [6.45, 7) is 3.74. The van der Waals surface area contributed by atoms with Gasteiger partial charge in [0.15, 0.2) is 0 Å². The van der Waals surface area contributed by atoms with Gasteiger partial charge in [-0.2, -0.15) is 0 Å². The van der Waals surface area contributed by atoms with Crippen LogP contribution in [0.4, 0.5) is 0 Å². The maximum atomic E-state index is 11.5. The van der Waals surface area contributed by atoms with Gasteiger partial charge in [-0.05, 0) is 23.6 Å². The van der Waals surface area contributed by atoms with E-state index >= 15 is 0 Å². The van der Waals surface area contributed by atoms with Crippen LogP contribution in [0.3, 0.4) is 0 Å². The number of aliphatic imine (C=N–C) groups is 1. The Morgan fingerprint density at radius 2 is 2.28 bits per heavy atom. The minimum Gasteiger partial charge on any atom is -0.872 e. The fourth-order valence-electron chi connectivity index (χ4n) is 1.46. The molecule has 1 aromatic rings. The van der Waals surface area contributed by atoms with Crippen molar-refractivity contribution in [2.75, 3.05) is 0 Å². The van der Waals surface area contributed by atoms with Gasteiger partial charge in [-0.3, -0.25) is 4.99 Å². The third kappa shape index (κ3) is 3.84. The van der Waals surface area contributed by atoms with E-state index in [2.05, 4.69) is 20.9 Å². The SMILES string of the molecule is CC[C@H](C)[C@H](N=Cc1cc(Br)ccc1[O-])C(=O)O. The summed E-state index contributed by atoms with van der Waals surface area (Å²) in [5.74, 6) is -1.21. The number of carboxylic acid groups (broad SMARTS) is 1. The van der Waals surface area contributed by atoms with Crippen molar-refractivity contribution in [1.29, 1.82) is 0 Å². The van der Waals surface area contributed by atoms with E-state index in [4.69, 9.17) is 5.11 Å². The second-order valence-electron chi connectivity index (χ2n) is 4.13. The molecule has 0 aliphatic carbocycles. The molecule has 0 aliphatic heterocycles. The highest BCUT2D eigenvalue weighted by atomic mass is 79.9. The highest BCUT2D eigenvalue weighted by Gasteiger charge is 2.21. The number of halogens is 1. The summed E-state index contributed by atoms with van der Waals surface area (Å²) in [5, 5.41) is 20.6. The number of carboxylic acids is 1. The van der Waals surface area contributed by atoms with Gasteiger partial charge >= 0.3 is 5.97 Å². The Balaban J connectivity index is 2.95. The van der Waals surface area contributed by atoms with Gasteiger partial charge in [0.05, 0.1) is 0 Å². The van der Waals surface area contributed by atoms with E-state index in [-0.39, 0.29) is 11.7 Å². The van der Waals surface area contributed by atoms with E-state index < -0.39 is 12.0 Å². The van der Waals surface area contributed by atoms with Gasteiger partial charge in [0.25, 0.3) is 0 Å². The molecule has 0 aliphatic rings. The van der Waals surface area contributed by atoms with E-state index in [1.807, 2.05) is 13.8 Å². The Labute approximate surface area is 114 Å². The number of benzene rings is 1. The third-order valence-electron chi connectivity index (χ3n) is 2.78. The molecule has 18 heavy (non-hydrogen) atoms. The van der Waals surface area contributed by atoms with Crippen LogP contribution in [0.15, 0.2) is 27.7 Å². The molecule has 98 valence electrons. The maximum absolute atomic E-state index is 11.5. The van der Waals surface area contributed by atoms with Gasteiger partial charge in [-0.1, -0.05) is 48.0 Å². The van der Waals surface area contributed by atoms with E-state index in [0.29, 0.717) is 5.56 Å². The van der Waals surface area contributed by atoms with Gasteiger partial charge in [0, 0.05) is 10.7 Å². The largest absolute Gasteiger partial charge is 0.872 e. The first kappa shape index (κ1) is 14.7. The zero-order valence-electron chi connectivity index (χ0n) is 10.3. The monoisotopic (exact) mass is 312 g/mol. The van der Waals surface area contributed by atoms with Crippen molar-refractivity contribution < 1.29 is 15.0 Å². The van der Waals surface area contributed by atoms with Gasteiger partial charge in [-0.25, -0.2) is 4.79 Å². The minimum absolute atomic E-state index is 0.0685. The summed E-state index contributed by atoms with van der Waals surface area (Å²) in [6, 6.07) is 3.88. The molecule has 0 radical (unpaired) electrons. The number of hydrogen-bond acceptors (Lipinski definition) is 3. The lowest BCUT2D eigenvalue weighted by Crippen LogP contribution is -2.25. The van der Waals surface area contributed by atoms with Gasteiger partial charge in [-0.15, -0.1) is 0 Å². The predicted molar refractivity (Wildman–Crippen MR) is 72.1 cm³/mol. The van der Waals surface area contributed by atoms with Crippen molar-refractivity contribution in [2.24, 2.45) is 10.9 Å².